The Morgan fingerprint density at radius 1 is 1.70 bits per heavy atom. The average molecular weight is 158 g/mol. The van der Waals surface area contributed by atoms with Crippen molar-refractivity contribution in [1.29, 1.82) is 0 Å². The maximum absolute atomic E-state index is 12.6. The fourth-order valence-electron chi connectivity index (χ4n) is 0.575. The van der Waals surface area contributed by atoms with Gasteiger partial charge in [-0.1, -0.05) is 18.2 Å². The van der Waals surface area contributed by atoms with Crippen molar-refractivity contribution in [3.63, 3.8) is 0 Å². The summed E-state index contributed by atoms with van der Waals surface area (Å²) in [6.45, 7) is 3.38. The molecule has 10 heavy (non-hydrogen) atoms. The minimum absolute atomic E-state index is 0.226. The number of rotatable bonds is 1. The quantitative estimate of drug-likeness (QED) is 0.611. The predicted octanol–water partition coefficient (Wildman–Crippen LogP) is 2.52. The second kappa shape index (κ2) is 2.80. The lowest BCUT2D eigenvalue weighted by molar-refractivity contribution is 0.618. The highest BCUT2D eigenvalue weighted by Gasteiger charge is 1.98. The Balaban J connectivity index is 3.19. The first-order valence-electron chi connectivity index (χ1n) is 2.67. The van der Waals surface area contributed by atoms with E-state index in [0.29, 0.717) is 5.02 Å². The van der Waals surface area contributed by atoms with E-state index < -0.39 is 5.82 Å². The monoisotopic (exact) mass is 157 g/mol. The topological polar surface area (TPSA) is 12.9 Å². The molecule has 0 aliphatic rings. The normalized spacial score (nSPS) is 9.40. The number of nitrogens with zero attached hydrogens (tertiary/aromatic N) is 1. The van der Waals surface area contributed by atoms with Gasteiger partial charge in [-0.05, 0) is 12.1 Å². The van der Waals surface area contributed by atoms with Gasteiger partial charge in [0, 0.05) is 6.20 Å². The Kier molecular flexibility index (Phi) is 2.02. The van der Waals surface area contributed by atoms with Crippen molar-refractivity contribution >= 4 is 17.7 Å². The van der Waals surface area contributed by atoms with Crippen LogP contribution in [0.3, 0.4) is 0 Å². The third-order valence-corrected chi connectivity index (χ3v) is 1.24. The van der Waals surface area contributed by atoms with Crippen LogP contribution in [0.2, 0.25) is 5.02 Å². The Labute approximate surface area is 63.2 Å². The molecule has 0 N–H and O–H groups in total. The van der Waals surface area contributed by atoms with Gasteiger partial charge in [0.15, 0.2) is 0 Å². The van der Waals surface area contributed by atoms with Crippen LogP contribution < -0.4 is 0 Å². The minimum Gasteiger partial charge on any atom is -0.252 e. The number of hydrogen-bond acceptors (Lipinski definition) is 1. The molecule has 1 rings (SSSR count). The van der Waals surface area contributed by atoms with Crippen LogP contribution in [0.5, 0.6) is 0 Å². The van der Waals surface area contributed by atoms with Gasteiger partial charge in [-0.2, -0.15) is 0 Å². The minimum atomic E-state index is -0.442. The van der Waals surface area contributed by atoms with Crippen molar-refractivity contribution in [2.24, 2.45) is 0 Å². The first kappa shape index (κ1) is 7.22. The zero-order valence-electron chi connectivity index (χ0n) is 5.14. The van der Waals surface area contributed by atoms with Crippen molar-refractivity contribution in [2.45, 2.75) is 0 Å². The van der Waals surface area contributed by atoms with Gasteiger partial charge in [0.05, 0.1) is 10.7 Å². The first-order chi connectivity index (χ1) is 4.74. The molecule has 0 aliphatic heterocycles. The Morgan fingerprint density at radius 3 is 2.90 bits per heavy atom. The SMILES string of the molecule is C=Cc1ncc(Cl)cc1F. The van der Waals surface area contributed by atoms with Crippen LogP contribution >= 0.6 is 11.6 Å². The summed E-state index contributed by atoms with van der Waals surface area (Å²) in [6.07, 6.45) is 2.72. The van der Waals surface area contributed by atoms with Gasteiger partial charge in [-0.3, -0.25) is 4.98 Å². The van der Waals surface area contributed by atoms with Crippen molar-refractivity contribution in [1.82, 2.24) is 4.98 Å². The van der Waals surface area contributed by atoms with Crippen LogP contribution in [-0.4, -0.2) is 4.98 Å². The van der Waals surface area contributed by atoms with E-state index in [1.807, 2.05) is 0 Å². The Hall–Kier alpha value is -0.890. The summed E-state index contributed by atoms with van der Waals surface area (Å²) in [5, 5.41) is 0.295. The average Bonchev–Trinajstić information content (AvgIpc) is 1.88. The van der Waals surface area contributed by atoms with Crippen LogP contribution in [0.15, 0.2) is 18.8 Å². The van der Waals surface area contributed by atoms with E-state index in [1.165, 1.54) is 18.3 Å². The highest BCUT2D eigenvalue weighted by molar-refractivity contribution is 6.30. The third kappa shape index (κ3) is 1.33. The summed E-state index contributed by atoms with van der Waals surface area (Å²) in [5.74, 6) is -0.442. The predicted molar refractivity (Wildman–Crippen MR) is 39.3 cm³/mol. The molecule has 0 aliphatic carbocycles. The van der Waals surface area contributed by atoms with E-state index >= 15 is 0 Å². The smallest absolute Gasteiger partial charge is 0.150 e. The van der Waals surface area contributed by atoms with Crippen LogP contribution in [0, 0.1) is 5.82 Å². The third-order valence-electron chi connectivity index (χ3n) is 1.03. The number of halogens is 2. The molecule has 3 heteroatoms. The lowest BCUT2D eigenvalue weighted by atomic mass is 10.3. The lowest BCUT2D eigenvalue weighted by Gasteiger charge is -1.93. The summed E-state index contributed by atoms with van der Waals surface area (Å²) in [7, 11) is 0. The number of hydrogen-bond donors (Lipinski definition) is 0. The molecule has 0 saturated carbocycles. The van der Waals surface area contributed by atoms with Crippen LogP contribution in [0.25, 0.3) is 6.08 Å². The van der Waals surface area contributed by atoms with E-state index in [-0.39, 0.29) is 5.69 Å². The van der Waals surface area contributed by atoms with E-state index in [1.54, 1.807) is 0 Å². The second-order valence-electron chi connectivity index (χ2n) is 1.72. The van der Waals surface area contributed by atoms with E-state index in [4.69, 9.17) is 11.6 Å². The maximum Gasteiger partial charge on any atom is 0.150 e. The van der Waals surface area contributed by atoms with E-state index in [9.17, 15) is 4.39 Å². The highest BCUT2D eigenvalue weighted by atomic mass is 35.5. The molecular formula is C7H5ClFN. The number of pyridine rings is 1. The molecule has 0 radical (unpaired) electrons. The van der Waals surface area contributed by atoms with Gasteiger partial charge in [0.1, 0.15) is 5.82 Å². The molecule has 52 valence electrons. The summed E-state index contributed by atoms with van der Waals surface area (Å²) in [4.78, 5) is 3.67. The molecular weight excluding hydrogens is 153 g/mol. The molecule has 1 aromatic heterocycles. The zero-order chi connectivity index (χ0) is 7.56. The second-order valence-corrected chi connectivity index (χ2v) is 2.16. The van der Waals surface area contributed by atoms with Crippen molar-refractivity contribution in [2.75, 3.05) is 0 Å². The van der Waals surface area contributed by atoms with Gasteiger partial charge < -0.3 is 0 Å². The summed E-state index contributed by atoms with van der Waals surface area (Å²) >= 11 is 5.44. The fourth-order valence-corrected chi connectivity index (χ4v) is 0.720. The molecule has 0 fully saturated rings. The van der Waals surface area contributed by atoms with Crippen LogP contribution in [0.1, 0.15) is 5.69 Å². The molecule has 0 amide bonds. The number of aromatic nitrogens is 1. The Morgan fingerprint density at radius 2 is 2.40 bits per heavy atom. The maximum atomic E-state index is 12.6. The molecule has 1 heterocycles. The molecule has 0 spiro atoms. The lowest BCUT2D eigenvalue weighted by Crippen LogP contribution is -1.85. The molecule has 0 atom stereocenters. The molecule has 0 saturated heterocycles. The molecule has 0 aromatic carbocycles. The molecule has 1 aromatic rings. The molecule has 0 unspecified atom stereocenters. The molecule has 0 bridgehead atoms. The zero-order valence-corrected chi connectivity index (χ0v) is 5.90. The van der Waals surface area contributed by atoms with Gasteiger partial charge in [-0.15, -0.1) is 0 Å². The van der Waals surface area contributed by atoms with Gasteiger partial charge in [0.25, 0.3) is 0 Å². The van der Waals surface area contributed by atoms with Gasteiger partial charge >= 0.3 is 0 Å². The van der Waals surface area contributed by atoms with Gasteiger partial charge in [0.2, 0.25) is 0 Å². The largest absolute Gasteiger partial charge is 0.252 e. The molecule has 1 nitrogen and oxygen atoms in total. The fraction of sp³-hybridized carbons (Fsp3) is 0. The first-order valence-corrected chi connectivity index (χ1v) is 3.05. The van der Waals surface area contributed by atoms with Crippen molar-refractivity contribution in [3.05, 3.63) is 35.4 Å². The van der Waals surface area contributed by atoms with Gasteiger partial charge in [-0.25, -0.2) is 4.39 Å². The van der Waals surface area contributed by atoms with E-state index in [2.05, 4.69) is 11.6 Å². The summed E-state index contributed by atoms with van der Waals surface area (Å²) < 4.78 is 12.6. The van der Waals surface area contributed by atoms with Crippen molar-refractivity contribution < 1.29 is 4.39 Å². The summed E-state index contributed by atoms with van der Waals surface area (Å²) in [5.41, 5.74) is 0.226. The van der Waals surface area contributed by atoms with Crippen LogP contribution in [-0.2, 0) is 0 Å². The Bertz CT molecular complexity index is 260. The summed E-state index contributed by atoms with van der Waals surface area (Å²) in [6, 6.07) is 1.20. The highest BCUT2D eigenvalue weighted by Crippen LogP contribution is 2.11. The standard InChI is InChI=1S/C7H5ClFN/c1-2-7-6(9)3-5(8)4-10-7/h2-4H,1H2. The van der Waals surface area contributed by atoms with Crippen LogP contribution in [0.4, 0.5) is 4.39 Å². The van der Waals surface area contributed by atoms with E-state index in [0.717, 1.165) is 0 Å². The van der Waals surface area contributed by atoms with Crippen molar-refractivity contribution in [3.8, 4) is 0 Å².